The predicted molar refractivity (Wildman–Crippen MR) is 128 cm³/mol. The zero-order chi connectivity index (χ0) is 22.3. The number of anilines is 1. The van der Waals surface area contributed by atoms with E-state index >= 15 is 0 Å². The maximum Gasteiger partial charge on any atom is 0.265 e. The van der Waals surface area contributed by atoms with Crippen molar-refractivity contribution >= 4 is 28.3 Å². The Bertz CT molecular complexity index is 1090. The van der Waals surface area contributed by atoms with Crippen molar-refractivity contribution in [3.05, 3.63) is 72.3 Å². The van der Waals surface area contributed by atoms with E-state index in [9.17, 15) is 9.59 Å². The second-order valence-corrected chi connectivity index (χ2v) is 8.26. The number of hydrogen-bond donors (Lipinski definition) is 1. The zero-order valence-corrected chi connectivity index (χ0v) is 18.5. The van der Waals surface area contributed by atoms with Gasteiger partial charge in [-0.3, -0.25) is 9.59 Å². The Morgan fingerprint density at radius 3 is 2.34 bits per heavy atom. The summed E-state index contributed by atoms with van der Waals surface area (Å²) in [6.07, 6.45) is 4.23. The number of carbonyl (C=O) groups excluding carboxylic acids is 2. The lowest BCUT2D eigenvalue weighted by Crippen LogP contribution is -2.35. The number of para-hydroxylation sites is 1. The van der Waals surface area contributed by atoms with Crippen LogP contribution in [0, 0.1) is 0 Å². The molecule has 1 saturated heterocycles. The standard InChI is InChI=1S/C27H30N2O3/c1-2-25(32-22-16-15-20-11-5-6-12-21(20)19-22)26(30)28-24-14-8-7-13-23(24)27(31)29-17-9-3-4-10-18-29/h5-8,11-16,19,25H,2-4,9-10,17-18H2,1H3,(H,28,30)/t25-/m1/s1. The summed E-state index contributed by atoms with van der Waals surface area (Å²) in [6, 6.07) is 21.1. The van der Waals surface area contributed by atoms with Crippen LogP contribution in [0.5, 0.6) is 5.75 Å². The van der Waals surface area contributed by atoms with Crippen LogP contribution in [0.2, 0.25) is 0 Å². The summed E-state index contributed by atoms with van der Waals surface area (Å²) in [5, 5.41) is 5.13. The predicted octanol–water partition coefficient (Wildman–Crippen LogP) is 5.65. The molecule has 1 heterocycles. The van der Waals surface area contributed by atoms with E-state index in [1.54, 1.807) is 12.1 Å². The molecule has 1 aliphatic rings. The lowest BCUT2D eigenvalue weighted by molar-refractivity contribution is -0.122. The Labute approximate surface area is 189 Å². The largest absolute Gasteiger partial charge is 0.481 e. The topological polar surface area (TPSA) is 58.6 Å². The second kappa shape index (κ2) is 10.3. The number of nitrogens with zero attached hydrogens (tertiary/aromatic N) is 1. The molecule has 1 aliphatic heterocycles. The highest BCUT2D eigenvalue weighted by Crippen LogP contribution is 2.24. The van der Waals surface area contributed by atoms with Crippen LogP contribution in [-0.4, -0.2) is 35.9 Å². The number of hydrogen-bond acceptors (Lipinski definition) is 3. The van der Waals surface area contributed by atoms with Gasteiger partial charge in [0.2, 0.25) is 0 Å². The van der Waals surface area contributed by atoms with Crippen molar-refractivity contribution < 1.29 is 14.3 Å². The third-order valence-electron chi connectivity index (χ3n) is 5.97. The SMILES string of the molecule is CC[C@@H](Oc1ccc2ccccc2c1)C(=O)Nc1ccccc1C(=O)N1CCCCCC1. The molecule has 4 rings (SSSR count). The summed E-state index contributed by atoms with van der Waals surface area (Å²) in [6.45, 7) is 3.45. The average Bonchev–Trinajstić information content (AvgIpc) is 3.12. The highest BCUT2D eigenvalue weighted by molar-refractivity contribution is 6.04. The summed E-state index contributed by atoms with van der Waals surface area (Å²) >= 11 is 0. The number of nitrogens with one attached hydrogen (secondary N) is 1. The molecule has 0 unspecified atom stereocenters. The van der Waals surface area contributed by atoms with E-state index in [1.807, 2.05) is 66.4 Å². The minimum absolute atomic E-state index is 0.0219. The van der Waals surface area contributed by atoms with Crippen LogP contribution < -0.4 is 10.1 Å². The molecule has 0 aromatic heterocycles. The molecule has 1 atom stereocenters. The quantitative estimate of drug-likeness (QED) is 0.550. The van der Waals surface area contributed by atoms with Gasteiger partial charge in [0.1, 0.15) is 5.75 Å². The summed E-state index contributed by atoms with van der Waals surface area (Å²) in [5.74, 6) is 0.377. The fourth-order valence-corrected chi connectivity index (χ4v) is 4.16. The van der Waals surface area contributed by atoms with Crippen LogP contribution in [-0.2, 0) is 4.79 Å². The Hall–Kier alpha value is -3.34. The molecule has 0 saturated carbocycles. The van der Waals surface area contributed by atoms with Crippen molar-refractivity contribution in [2.75, 3.05) is 18.4 Å². The molecule has 3 aromatic carbocycles. The summed E-state index contributed by atoms with van der Waals surface area (Å²) < 4.78 is 6.03. The van der Waals surface area contributed by atoms with Gasteiger partial charge in [0.25, 0.3) is 11.8 Å². The number of ether oxygens (including phenoxy) is 1. The number of likely N-dealkylation sites (tertiary alicyclic amines) is 1. The van der Waals surface area contributed by atoms with Gasteiger partial charge in [-0.15, -0.1) is 0 Å². The van der Waals surface area contributed by atoms with Crippen molar-refractivity contribution in [1.29, 1.82) is 0 Å². The number of amides is 2. The van der Waals surface area contributed by atoms with Crippen molar-refractivity contribution in [3.8, 4) is 5.75 Å². The van der Waals surface area contributed by atoms with Crippen LogP contribution in [0.3, 0.4) is 0 Å². The van der Waals surface area contributed by atoms with Gasteiger partial charge in [0, 0.05) is 13.1 Å². The van der Waals surface area contributed by atoms with Gasteiger partial charge < -0.3 is 15.0 Å². The van der Waals surface area contributed by atoms with Gasteiger partial charge in [-0.2, -0.15) is 0 Å². The maximum atomic E-state index is 13.2. The van der Waals surface area contributed by atoms with E-state index in [0.29, 0.717) is 23.4 Å². The average molecular weight is 431 g/mol. The van der Waals surface area contributed by atoms with E-state index in [4.69, 9.17) is 4.74 Å². The van der Waals surface area contributed by atoms with Gasteiger partial charge in [-0.25, -0.2) is 0 Å². The Morgan fingerprint density at radius 2 is 1.59 bits per heavy atom. The van der Waals surface area contributed by atoms with E-state index in [-0.39, 0.29) is 11.8 Å². The number of benzene rings is 3. The van der Waals surface area contributed by atoms with Crippen LogP contribution in [0.1, 0.15) is 49.4 Å². The Balaban J connectivity index is 1.48. The zero-order valence-electron chi connectivity index (χ0n) is 18.5. The first-order valence-corrected chi connectivity index (χ1v) is 11.5. The van der Waals surface area contributed by atoms with Crippen LogP contribution >= 0.6 is 0 Å². The van der Waals surface area contributed by atoms with Crippen molar-refractivity contribution in [2.45, 2.75) is 45.1 Å². The molecule has 5 nitrogen and oxygen atoms in total. The van der Waals surface area contributed by atoms with Crippen molar-refractivity contribution in [2.24, 2.45) is 0 Å². The lowest BCUT2D eigenvalue weighted by Gasteiger charge is -2.23. The van der Waals surface area contributed by atoms with E-state index in [0.717, 1.165) is 49.5 Å². The molecule has 0 radical (unpaired) electrons. The molecule has 0 aliphatic carbocycles. The monoisotopic (exact) mass is 430 g/mol. The number of carbonyl (C=O) groups is 2. The van der Waals surface area contributed by atoms with Crippen molar-refractivity contribution in [3.63, 3.8) is 0 Å². The fraction of sp³-hybridized carbons (Fsp3) is 0.333. The molecule has 0 bridgehead atoms. The molecule has 32 heavy (non-hydrogen) atoms. The van der Waals surface area contributed by atoms with Gasteiger partial charge in [-0.05, 0) is 54.3 Å². The molecule has 0 spiro atoms. The van der Waals surface area contributed by atoms with Gasteiger partial charge in [0.05, 0.1) is 11.3 Å². The summed E-state index contributed by atoms with van der Waals surface area (Å²) in [5.41, 5.74) is 1.07. The molecule has 3 aromatic rings. The van der Waals surface area contributed by atoms with Crippen molar-refractivity contribution in [1.82, 2.24) is 4.90 Å². The van der Waals surface area contributed by atoms with Crippen LogP contribution in [0.25, 0.3) is 10.8 Å². The molecular weight excluding hydrogens is 400 g/mol. The van der Waals surface area contributed by atoms with Crippen LogP contribution in [0.15, 0.2) is 66.7 Å². The Kier molecular flexibility index (Phi) is 7.05. The summed E-state index contributed by atoms with van der Waals surface area (Å²) in [7, 11) is 0. The third kappa shape index (κ3) is 5.10. The first-order chi connectivity index (χ1) is 15.7. The molecule has 2 amide bonds. The van der Waals surface area contributed by atoms with E-state index in [1.165, 1.54) is 0 Å². The maximum absolute atomic E-state index is 13.2. The van der Waals surface area contributed by atoms with E-state index in [2.05, 4.69) is 5.32 Å². The third-order valence-corrected chi connectivity index (χ3v) is 5.97. The molecular formula is C27H30N2O3. The fourth-order valence-electron chi connectivity index (χ4n) is 4.16. The minimum atomic E-state index is -0.655. The normalized spacial score (nSPS) is 15.1. The van der Waals surface area contributed by atoms with E-state index < -0.39 is 6.10 Å². The second-order valence-electron chi connectivity index (χ2n) is 8.26. The molecule has 166 valence electrons. The van der Waals surface area contributed by atoms with Crippen LogP contribution in [0.4, 0.5) is 5.69 Å². The first-order valence-electron chi connectivity index (χ1n) is 11.5. The molecule has 1 N–H and O–H groups in total. The first kappa shape index (κ1) is 21.9. The molecule has 1 fully saturated rings. The van der Waals surface area contributed by atoms with Gasteiger partial charge >= 0.3 is 0 Å². The number of rotatable bonds is 6. The van der Waals surface area contributed by atoms with Gasteiger partial charge in [-0.1, -0.05) is 62.2 Å². The Morgan fingerprint density at radius 1 is 0.906 bits per heavy atom. The number of fused-ring (bicyclic) bond motifs is 1. The van der Waals surface area contributed by atoms with Gasteiger partial charge in [0.15, 0.2) is 6.10 Å². The smallest absolute Gasteiger partial charge is 0.265 e. The lowest BCUT2D eigenvalue weighted by atomic mass is 10.1. The molecule has 5 heteroatoms. The summed E-state index contributed by atoms with van der Waals surface area (Å²) in [4.78, 5) is 28.1. The highest BCUT2D eigenvalue weighted by atomic mass is 16.5. The highest BCUT2D eigenvalue weighted by Gasteiger charge is 2.23. The minimum Gasteiger partial charge on any atom is -0.481 e.